The Morgan fingerprint density at radius 1 is 1.18 bits per heavy atom. The summed E-state index contributed by atoms with van der Waals surface area (Å²) in [5.74, 6) is 0. The number of hydrogen-bond donors (Lipinski definition) is 2. The molecule has 94 valence electrons. The average molecular weight is 235 g/mol. The van der Waals surface area contributed by atoms with E-state index in [4.69, 9.17) is 0 Å². The van der Waals surface area contributed by atoms with Gasteiger partial charge in [-0.25, -0.2) is 0 Å². The van der Waals surface area contributed by atoms with E-state index < -0.39 is 7.12 Å². The van der Waals surface area contributed by atoms with Crippen molar-refractivity contribution >= 4 is 12.6 Å². The van der Waals surface area contributed by atoms with Crippen molar-refractivity contribution in [2.24, 2.45) is 0 Å². The summed E-state index contributed by atoms with van der Waals surface area (Å²) in [5, 5.41) is 19.2. The van der Waals surface area contributed by atoms with Crippen LogP contribution < -0.4 is 5.46 Å². The molecule has 1 aromatic carbocycles. The molecule has 0 aliphatic rings. The molecule has 0 spiro atoms. The molecule has 0 aliphatic carbocycles. The lowest BCUT2D eigenvalue weighted by Gasteiger charge is -2.25. The van der Waals surface area contributed by atoms with Gasteiger partial charge in [-0.1, -0.05) is 39.0 Å². The second-order valence-electron chi connectivity index (χ2n) is 5.74. The van der Waals surface area contributed by atoms with Crippen molar-refractivity contribution in [3.63, 3.8) is 0 Å². The Labute approximate surface area is 104 Å². The summed E-state index contributed by atoms with van der Waals surface area (Å²) < 4.78 is 0. The summed E-state index contributed by atoms with van der Waals surface area (Å²) >= 11 is 0. The van der Waals surface area contributed by atoms with Crippen molar-refractivity contribution in [1.82, 2.24) is 4.90 Å². The van der Waals surface area contributed by atoms with E-state index in [-0.39, 0.29) is 5.41 Å². The Morgan fingerprint density at radius 3 is 2.18 bits per heavy atom. The highest BCUT2D eigenvalue weighted by atomic mass is 16.4. The molecule has 4 heteroatoms. The average Bonchev–Trinajstić information content (AvgIpc) is 2.14. The van der Waals surface area contributed by atoms with Crippen molar-refractivity contribution < 1.29 is 10.0 Å². The summed E-state index contributed by atoms with van der Waals surface area (Å²) in [6.45, 7) is 6.94. The van der Waals surface area contributed by atoms with Crippen LogP contribution in [0.2, 0.25) is 0 Å². The van der Waals surface area contributed by atoms with Crippen molar-refractivity contribution in [2.45, 2.75) is 32.7 Å². The molecule has 0 saturated heterocycles. The van der Waals surface area contributed by atoms with Gasteiger partial charge in [0.25, 0.3) is 0 Å². The van der Waals surface area contributed by atoms with E-state index in [9.17, 15) is 10.0 Å². The molecule has 0 aliphatic heterocycles. The largest absolute Gasteiger partial charge is 0.489 e. The monoisotopic (exact) mass is 235 g/mol. The number of nitrogens with zero attached hydrogens (tertiary/aromatic N) is 1. The van der Waals surface area contributed by atoms with Crippen molar-refractivity contribution in [1.29, 1.82) is 0 Å². The summed E-state index contributed by atoms with van der Waals surface area (Å²) in [7, 11) is 2.52. The van der Waals surface area contributed by atoms with Crippen molar-refractivity contribution in [3.8, 4) is 0 Å². The van der Waals surface area contributed by atoms with Crippen LogP contribution in [0.25, 0.3) is 0 Å². The maximum atomic E-state index is 9.60. The second kappa shape index (κ2) is 5.21. The van der Waals surface area contributed by atoms with E-state index in [2.05, 4.69) is 20.8 Å². The number of rotatable bonds is 3. The van der Waals surface area contributed by atoms with Crippen molar-refractivity contribution in [2.75, 3.05) is 14.1 Å². The van der Waals surface area contributed by atoms with Gasteiger partial charge in [0.1, 0.15) is 0 Å². The molecule has 1 aromatic rings. The summed E-state index contributed by atoms with van der Waals surface area (Å²) in [6, 6.07) is 5.89. The third kappa shape index (κ3) is 3.56. The topological polar surface area (TPSA) is 43.7 Å². The molecular formula is C13H22BNO2. The third-order valence-electron chi connectivity index (χ3n) is 2.75. The highest BCUT2D eigenvalue weighted by Gasteiger charge is 2.26. The molecule has 0 saturated carbocycles. The molecule has 1 rings (SSSR count). The molecule has 0 unspecified atom stereocenters. The van der Waals surface area contributed by atoms with Gasteiger partial charge in [0.15, 0.2) is 0 Å². The Kier molecular flexibility index (Phi) is 4.36. The summed E-state index contributed by atoms with van der Waals surface area (Å²) in [4.78, 5) is 2.02. The van der Waals surface area contributed by atoms with E-state index >= 15 is 0 Å². The Balaban J connectivity index is 3.32. The van der Waals surface area contributed by atoms with Crippen LogP contribution >= 0.6 is 0 Å². The van der Waals surface area contributed by atoms with Crippen LogP contribution in [-0.2, 0) is 12.0 Å². The molecular weight excluding hydrogens is 213 g/mol. The molecule has 0 atom stereocenters. The predicted octanol–water partition coefficient (Wildman–Crippen LogP) is 0.725. The first kappa shape index (κ1) is 14.2. The third-order valence-corrected chi connectivity index (χ3v) is 2.75. The maximum Gasteiger partial charge on any atom is 0.489 e. The molecule has 0 aromatic heterocycles. The van der Waals surface area contributed by atoms with Gasteiger partial charge in [-0.05, 0) is 36.1 Å². The molecule has 3 nitrogen and oxygen atoms in total. The van der Waals surface area contributed by atoms with Crippen LogP contribution in [0.1, 0.15) is 31.9 Å². The van der Waals surface area contributed by atoms with Gasteiger partial charge in [-0.15, -0.1) is 0 Å². The normalized spacial score (nSPS) is 12.0. The predicted molar refractivity (Wildman–Crippen MR) is 72.4 cm³/mol. The molecule has 0 heterocycles. The fraction of sp³-hybridized carbons (Fsp3) is 0.538. The second-order valence-corrected chi connectivity index (χ2v) is 5.74. The lowest BCUT2D eigenvalue weighted by Crippen LogP contribution is -2.40. The molecule has 0 radical (unpaired) electrons. The minimum absolute atomic E-state index is 0.0959. The number of hydrogen-bond acceptors (Lipinski definition) is 3. The van der Waals surface area contributed by atoms with E-state index in [0.717, 1.165) is 11.1 Å². The lowest BCUT2D eigenvalue weighted by atomic mass is 9.68. The van der Waals surface area contributed by atoms with Gasteiger partial charge >= 0.3 is 7.12 Å². The van der Waals surface area contributed by atoms with Crippen molar-refractivity contribution in [3.05, 3.63) is 29.3 Å². The zero-order chi connectivity index (χ0) is 13.2. The summed E-state index contributed by atoms with van der Waals surface area (Å²) in [6.07, 6.45) is 0. The Bertz CT molecular complexity index is 383. The molecule has 0 bridgehead atoms. The standard InChI is InChI=1S/C13H22BNO2/c1-13(2,3)11-8-6-7-10(9-15(4)5)12(11)14(16)17/h6-8,16-17H,9H2,1-5H3. The van der Waals surface area contributed by atoms with Crippen LogP contribution in [0, 0.1) is 0 Å². The Morgan fingerprint density at radius 2 is 1.76 bits per heavy atom. The van der Waals surface area contributed by atoms with Crippen LogP contribution in [0.4, 0.5) is 0 Å². The van der Waals surface area contributed by atoms with Gasteiger partial charge in [0.05, 0.1) is 0 Å². The zero-order valence-electron chi connectivity index (χ0n) is 11.4. The SMILES string of the molecule is CN(C)Cc1cccc(C(C)(C)C)c1B(O)O. The minimum atomic E-state index is -1.42. The fourth-order valence-electron chi connectivity index (χ4n) is 2.05. The molecule has 0 fully saturated rings. The first-order chi connectivity index (χ1) is 7.73. The molecule has 17 heavy (non-hydrogen) atoms. The quantitative estimate of drug-likeness (QED) is 0.759. The maximum absolute atomic E-state index is 9.60. The van der Waals surface area contributed by atoms with Gasteiger partial charge in [-0.3, -0.25) is 0 Å². The minimum Gasteiger partial charge on any atom is -0.423 e. The first-order valence-corrected chi connectivity index (χ1v) is 5.86. The van der Waals surface area contributed by atoms with Gasteiger partial charge in [-0.2, -0.15) is 0 Å². The fourth-order valence-corrected chi connectivity index (χ4v) is 2.05. The summed E-state index contributed by atoms with van der Waals surface area (Å²) in [5.41, 5.74) is 2.51. The van der Waals surface area contributed by atoms with E-state index in [1.807, 2.05) is 37.2 Å². The van der Waals surface area contributed by atoms with E-state index in [1.54, 1.807) is 0 Å². The number of benzene rings is 1. The first-order valence-electron chi connectivity index (χ1n) is 5.86. The zero-order valence-corrected chi connectivity index (χ0v) is 11.4. The highest BCUT2D eigenvalue weighted by Crippen LogP contribution is 2.22. The van der Waals surface area contributed by atoms with Gasteiger partial charge in [0.2, 0.25) is 0 Å². The highest BCUT2D eigenvalue weighted by molar-refractivity contribution is 6.59. The smallest absolute Gasteiger partial charge is 0.423 e. The van der Waals surface area contributed by atoms with E-state index in [1.165, 1.54) is 0 Å². The van der Waals surface area contributed by atoms with Crippen LogP contribution in [-0.4, -0.2) is 36.2 Å². The van der Waals surface area contributed by atoms with Crippen LogP contribution in [0.5, 0.6) is 0 Å². The van der Waals surface area contributed by atoms with E-state index in [0.29, 0.717) is 12.0 Å². The van der Waals surface area contributed by atoms with Crippen LogP contribution in [0.3, 0.4) is 0 Å². The molecule has 2 N–H and O–H groups in total. The van der Waals surface area contributed by atoms with Gasteiger partial charge < -0.3 is 14.9 Å². The Hall–Kier alpha value is -0.835. The lowest BCUT2D eigenvalue weighted by molar-refractivity contribution is 0.398. The molecule has 0 amide bonds. The van der Waals surface area contributed by atoms with Gasteiger partial charge in [0, 0.05) is 6.54 Å². The van der Waals surface area contributed by atoms with Crippen LogP contribution in [0.15, 0.2) is 18.2 Å².